The Morgan fingerprint density at radius 3 is 2.43 bits per heavy atom. The Hall–Kier alpha value is -1.98. The van der Waals surface area contributed by atoms with Crippen LogP contribution in [-0.4, -0.2) is 16.0 Å². The fraction of sp³-hybridized carbons (Fsp3) is 0.143. The van der Waals surface area contributed by atoms with Crippen molar-refractivity contribution in [3.8, 4) is 11.6 Å². The van der Waals surface area contributed by atoms with Crippen molar-refractivity contribution in [2.75, 3.05) is 0 Å². The number of nitrogens with two attached hydrogens (primary N) is 1. The first kappa shape index (κ1) is 15.4. The van der Waals surface area contributed by atoms with Gasteiger partial charge in [-0.05, 0) is 43.2 Å². The van der Waals surface area contributed by atoms with E-state index in [0.717, 1.165) is 11.1 Å². The third-order valence-corrected chi connectivity index (χ3v) is 3.83. The van der Waals surface area contributed by atoms with E-state index in [1.54, 1.807) is 12.1 Å². The third kappa shape index (κ3) is 3.20. The van der Waals surface area contributed by atoms with Gasteiger partial charge in [-0.15, -0.1) is 0 Å². The van der Waals surface area contributed by atoms with Crippen LogP contribution in [0.1, 0.15) is 16.7 Å². The summed E-state index contributed by atoms with van der Waals surface area (Å²) in [6.45, 7) is 3.76. The number of aryl methyl sites for hydroxylation is 2. The molecule has 0 fully saturated rings. The minimum Gasteiger partial charge on any atom is -0.437 e. The van der Waals surface area contributed by atoms with Crippen LogP contribution in [-0.2, 0) is 0 Å². The van der Waals surface area contributed by atoms with Crippen molar-refractivity contribution in [2.45, 2.75) is 13.8 Å². The van der Waals surface area contributed by atoms with Gasteiger partial charge in [-0.25, -0.2) is 4.98 Å². The number of hydrogen-bond acceptors (Lipinski definition) is 4. The van der Waals surface area contributed by atoms with Crippen molar-refractivity contribution in [3.05, 3.63) is 51.1 Å². The Bertz CT molecular complexity index is 694. The number of hydrogen-bond donors (Lipinski definition) is 2. The van der Waals surface area contributed by atoms with Gasteiger partial charge < -0.3 is 15.7 Å². The van der Waals surface area contributed by atoms with Gasteiger partial charge in [-0.1, -0.05) is 28.4 Å². The average Bonchev–Trinajstić information content (AvgIpc) is 2.46. The molecule has 2 aromatic rings. The molecule has 110 valence electrons. The molecule has 1 aromatic heterocycles. The predicted octanol–water partition coefficient (Wildman–Crippen LogP) is 3.89. The van der Waals surface area contributed by atoms with Gasteiger partial charge in [0.25, 0.3) is 0 Å². The van der Waals surface area contributed by atoms with Gasteiger partial charge in [0.15, 0.2) is 5.84 Å². The van der Waals surface area contributed by atoms with E-state index < -0.39 is 0 Å². The summed E-state index contributed by atoms with van der Waals surface area (Å²) in [5.41, 5.74) is 7.65. The summed E-state index contributed by atoms with van der Waals surface area (Å²) in [6.07, 6.45) is 1.46. The Kier molecular flexibility index (Phi) is 4.55. The van der Waals surface area contributed by atoms with Crippen molar-refractivity contribution < 1.29 is 9.94 Å². The quantitative estimate of drug-likeness (QED) is 0.388. The molecule has 0 aliphatic carbocycles. The monoisotopic (exact) mass is 325 g/mol. The van der Waals surface area contributed by atoms with E-state index >= 15 is 0 Å². The molecule has 21 heavy (non-hydrogen) atoms. The maximum Gasteiger partial charge on any atom is 0.238 e. The number of aromatic nitrogens is 1. The number of ether oxygens (including phenoxy) is 1. The maximum absolute atomic E-state index is 8.73. The van der Waals surface area contributed by atoms with Crippen LogP contribution < -0.4 is 10.5 Å². The lowest BCUT2D eigenvalue weighted by Crippen LogP contribution is -2.14. The highest BCUT2D eigenvalue weighted by molar-refractivity contribution is 6.35. The van der Waals surface area contributed by atoms with Gasteiger partial charge in [-0.3, -0.25) is 0 Å². The highest BCUT2D eigenvalue weighted by Crippen LogP contribution is 2.32. The van der Waals surface area contributed by atoms with Crippen LogP contribution in [0.25, 0.3) is 0 Å². The molecule has 1 aromatic carbocycles. The zero-order valence-corrected chi connectivity index (χ0v) is 12.9. The number of benzene rings is 1. The van der Waals surface area contributed by atoms with Gasteiger partial charge in [0, 0.05) is 16.8 Å². The molecule has 3 N–H and O–H groups in total. The van der Waals surface area contributed by atoms with E-state index in [1.165, 1.54) is 12.3 Å². The maximum atomic E-state index is 8.73. The zero-order chi connectivity index (χ0) is 15.6. The van der Waals surface area contributed by atoms with E-state index in [-0.39, 0.29) is 16.7 Å². The first-order valence-electron chi connectivity index (χ1n) is 6.01. The molecule has 0 radical (unpaired) electrons. The van der Waals surface area contributed by atoms with E-state index in [2.05, 4.69) is 10.1 Å². The second-order valence-corrected chi connectivity index (χ2v) is 5.19. The third-order valence-electron chi connectivity index (χ3n) is 2.87. The van der Waals surface area contributed by atoms with E-state index in [9.17, 15) is 0 Å². The summed E-state index contributed by atoms with van der Waals surface area (Å²) in [5.74, 6) is 0.609. The van der Waals surface area contributed by atoms with Crippen molar-refractivity contribution in [1.29, 1.82) is 0 Å². The lowest BCUT2D eigenvalue weighted by atomic mass is 10.1. The summed E-state index contributed by atoms with van der Waals surface area (Å²) in [6, 6.07) is 5.09. The molecule has 0 unspecified atom stereocenters. The molecular formula is C14H13Cl2N3O2. The van der Waals surface area contributed by atoms with Gasteiger partial charge in [0.05, 0.1) is 0 Å². The highest BCUT2D eigenvalue weighted by Gasteiger charge is 2.14. The minimum absolute atomic E-state index is 0.115. The second kappa shape index (κ2) is 6.20. The smallest absolute Gasteiger partial charge is 0.238 e. The molecule has 2 rings (SSSR count). The van der Waals surface area contributed by atoms with Gasteiger partial charge >= 0.3 is 0 Å². The van der Waals surface area contributed by atoms with Crippen LogP contribution in [0.3, 0.4) is 0 Å². The Balaban J connectivity index is 2.41. The topological polar surface area (TPSA) is 80.7 Å². The molecule has 0 saturated heterocycles. The van der Waals surface area contributed by atoms with Gasteiger partial charge in [-0.2, -0.15) is 0 Å². The summed E-state index contributed by atoms with van der Waals surface area (Å²) < 4.78 is 5.67. The standard InChI is InChI=1S/C14H13Cl2N3O2/c1-7-5-9(6-8(2)11(7)15)21-14-12(16)10(3-4-18-14)13(17)19-20/h3-6,20H,1-2H3,(H2,17,19). The van der Waals surface area contributed by atoms with Crippen LogP contribution in [0, 0.1) is 13.8 Å². The van der Waals surface area contributed by atoms with Crippen molar-refractivity contribution in [3.63, 3.8) is 0 Å². The van der Waals surface area contributed by atoms with Crippen molar-refractivity contribution in [1.82, 2.24) is 4.98 Å². The van der Waals surface area contributed by atoms with Crippen LogP contribution in [0.5, 0.6) is 11.6 Å². The molecule has 7 heteroatoms. The summed E-state index contributed by atoms with van der Waals surface area (Å²) in [7, 11) is 0. The molecule has 0 aliphatic rings. The Labute approximate surface area is 132 Å². The number of nitrogens with zero attached hydrogens (tertiary/aromatic N) is 2. The first-order valence-corrected chi connectivity index (χ1v) is 6.76. The van der Waals surface area contributed by atoms with Gasteiger partial charge in [0.2, 0.25) is 5.88 Å². The molecule has 0 spiro atoms. The minimum atomic E-state index is -0.115. The summed E-state index contributed by atoms with van der Waals surface area (Å²) in [4.78, 5) is 4.05. The van der Waals surface area contributed by atoms with Crippen LogP contribution in [0.15, 0.2) is 29.6 Å². The van der Waals surface area contributed by atoms with Crippen molar-refractivity contribution >= 4 is 29.0 Å². The lowest BCUT2D eigenvalue weighted by Gasteiger charge is -2.11. The number of pyridine rings is 1. The highest BCUT2D eigenvalue weighted by atomic mass is 35.5. The molecule has 0 saturated carbocycles. The average molecular weight is 326 g/mol. The zero-order valence-electron chi connectivity index (χ0n) is 11.4. The fourth-order valence-corrected chi connectivity index (χ4v) is 2.18. The number of oxime groups is 1. The van der Waals surface area contributed by atoms with Crippen LogP contribution >= 0.6 is 23.2 Å². The predicted molar refractivity (Wildman–Crippen MR) is 82.8 cm³/mol. The van der Waals surface area contributed by atoms with E-state index in [4.69, 9.17) is 38.9 Å². The number of amidine groups is 1. The van der Waals surface area contributed by atoms with E-state index in [0.29, 0.717) is 16.3 Å². The second-order valence-electron chi connectivity index (χ2n) is 4.44. The molecule has 0 atom stereocenters. The number of rotatable bonds is 3. The summed E-state index contributed by atoms with van der Waals surface area (Å²) >= 11 is 12.3. The van der Waals surface area contributed by atoms with Gasteiger partial charge in [0.1, 0.15) is 10.8 Å². The van der Waals surface area contributed by atoms with Crippen LogP contribution in [0.4, 0.5) is 0 Å². The fourth-order valence-electron chi connectivity index (χ4n) is 1.82. The largest absolute Gasteiger partial charge is 0.437 e. The Morgan fingerprint density at radius 1 is 1.24 bits per heavy atom. The van der Waals surface area contributed by atoms with Crippen LogP contribution in [0.2, 0.25) is 10.0 Å². The SMILES string of the molecule is Cc1cc(Oc2nccc(/C(N)=N/O)c2Cl)cc(C)c1Cl. The Morgan fingerprint density at radius 2 is 1.86 bits per heavy atom. The normalized spacial score (nSPS) is 11.5. The lowest BCUT2D eigenvalue weighted by molar-refractivity contribution is 0.318. The van der Waals surface area contributed by atoms with E-state index in [1.807, 2.05) is 13.8 Å². The number of halogens is 2. The molecule has 1 heterocycles. The molecular weight excluding hydrogens is 313 g/mol. The molecule has 0 bridgehead atoms. The molecule has 0 aliphatic heterocycles. The van der Waals surface area contributed by atoms with Crippen molar-refractivity contribution in [2.24, 2.45) is 10.9 Å². The first-order chi connectivity index (χ1) is 9.93. The molecule has 5 nitrogen and oxygen atoms in total. The summed E-state index contributed by atoms with van der Waals surface area (Å²) in [5, 5.41) is 12.5. The molecule has 0 amide bonds.